The molecule has 98 valence electrons. The van der Waals surface area contributed by atoms with Gasteiger partial charge < -0.3 is 5.32 Å². The first-order chi connectivity index (χ1) is 8.49. The molecule has 1 amide bonds. The molecule has 0 aliphatic heterocycles. The fourth-order valence-corrected chi connectivity index (χ4v) is 2.09. The number of carbonyl (C=O) groups excluding carboxylic acids is 3. The van der Waals surface area contributed by atoms with Crippen molar-refractivity contribution in [3.05, 3.63) is 22.4 Å². The van der Waals surface area contributed by atoms with E-state index < -0.39 is 0 Å². The van der Waals surface area contributed by atoms with Gasteiger partial charge in [-0.1, -0.05) is 13.0 Å². The number of thiophene rings is 1. The Morgan fingerprint density at radius 1 is 1.39 bits per heavy atom. The normalized spacial score (nSPS) is 11.9. The summed E-state index contributed by atoms with van der Waals surface area (Å²) in [6, 6.07) is 3.76. The maximum atomic E-state index is 11.5. The molecule has 0 saturated carbocycles. The lowest BCUT2D eigenvalue weighted by Gasteiger charge is -2.07. The third-order valence-corrected chi connectivity index (χ3v) is 3.50. The fraction of sp³-hybridized carbons (Fsp3) is 0.462. The Bertz CT molecular complexity index is 425. The first kappa shape index (κ1) is 14.6. The number of hydrogen-bond donors (Lipinski definition) is 1. The molecule has 0 aliphatic rings. The molecule has 1 atom stereocenters. The molecule has 18 heavy (non-hydrogen) atoms. The molecule has 5 heteroatoms. The summed E-state index contributed by atoms with van der Waals surface area (Å²) in [6.07, 6.45) is 0.488. The van der Waals surface area contributed by atoms with Crippen molar-refractivity contribution in [3.63, 3.8) is 0 Å². The third-order valence-electron chi connectivity index (χ3n) is 2.63. The average molecular weight is 267 g/mol. The summed E-state index contributed by atoms with van der Waals surface area (Å²) in [5.74, 6) is -0.557. The summed E-state index contributed by atoms with van der Waals surface area (Å²) in [5.41, 5.74) is 0. The minimum Gasteiger partial charge on any atom is -0.349 e. The lowest BCUT2D eigenvalue weighted by molar-refractivity contribution is -0.127. The molecular weight excluding hydrogens is 250 g/mol. The van der Waals surface area contributed by atoms with Gasteiger partial charge >= 0.3 is 0 Å². The number of ketones is 2. The molecule has 1 N–H and O–H groups in total. The van der Waals surface area contributed by atoms with Gasteiger partial charge in [0.15, 0.2) is 5.78 Å². The van der Waals surface area contributed by atoms with E-state index in [1.165, 1.54) is 18.3 Å². The van der Waals surface area contributed by atoms with Crippen molar-refractivity contribution < 1.29 is 14.4 Å². The van der Waals surface area contributed by atoms with Crippen LogP contribution in [0.4, 0.5) is 0 Å². The monoisotopic (exact) mass is 267 g/mol. The predicted molar refractivity (Wildman–Crippen MR) is 70.5 cm³/mol. The molecular formula is C13H17NO3S. The van der Waals surface area contributed by atoms with Gasteiger partial charge in [0.25, 0.3) is 0 Å². The van der Waals surface area contributed by atoms with Gasteiger partial charge in [-0.2, -0.15) is 0 Å². The zero-order chi connectivity index (χ0) is 13.5. The first-order valence-corrected chi connectivity index (χ1v) is 6.68. The molecule has 0 fully saturated rings. The summed E-state index contributed by atoms with van der Waals surface area (Å²) in [5, 5.41) is 4.48. The van der Waals surface area contributed by atoms with Crippen LogP contribution in [0.25, 0.3) is 0 Å². The third kappa shape index (κ3) is 5.23. The molecule has 0 spiro atoms. The number of nitrogens with one attached hydrogen (secondary N) is 1. The van der Waals surface area contributed by atoms with E-state index in [-0.39, 0.29) is 36.4 Å². The molecule has 0 bridgehead atoms. The fourth-order valence-electron chi connectivity index (χ4n) is 1.39. The van der Waals surface area contributed by atoms with Gasteiger partial charge in [-0.15, -0.1) is 11.3 Å². The van der Waals surface area contributed by atoms with Crippen LogP contribution < -0.4 is 5.32 Å². The van der Waals surface area contributed by atoms with Gasteiger partial charge in [0.1, 0.15) is 5.78 Å². The Kier molecular flexibility index (Phi) is 5.71. The van der Waals surface area contributed by atoms with Crippen LogP contribution in [0.2, 0.25) is 0 Å². The second-order valence-corrected chi connectivity index (χ2v) is 5.32. The molecule has 1 rings (SSSR count). The summed E-state index contributed by atoms with van der Waals surface area (Å²) >= 11 is 1.51. The van der Waals surface area contributed by atoms with Crippen LogP contribution in [0, 0.1) is 5.92 Å². The van der Waals surface area contributed by atoms with E-state index in [2.05, 4.69) is 5.32 Å². The van der Waals surface area contributed by atoms with Crippen LogP contribution in [0.15, 0.2) is 17.5 Å². The molecule has 0 aliphatic carbocycles. The first-order valence-electron chi connectivity index (χ1n) is 5.80. The second kappa shape index (κ2) is 7.06. The molecule has 0 aromatic carbocycles. The molecule has 4 nitrogen and oxygen atoms in total. The molecule has 0 saturated heterocycles. The number of carbonyl (C=O) groups is 3. The van der Waals surface area contributed by atoms with E-state index in [0.717, 1.165) is 4.88 Å². The van der Waals surface area contributed by atoms with Crippen LogP contribution in [-0.4, -0.2) is 24.0 Å². The topological polar surface area (TPSA) is 63.2 Å². The molecule has 1 aromatic rings. The van der Waals surface area contributed by atoms with E-state index in [1.807, 2.05) is 17.5 Å². The highest BCUT2D eigenvalue weighted by Crippen LogP contribution is 2.08. The highest BCUT2D eigenvalue weighted by atomic mass is 32.1. The Hall–Kier alpha value is -1.49. The standard InChI is InChI=1S/C13H17NO3S/c1-9(10(2)15)6-11(16)8-14-13(17)7-12-4-3-5-18-12/h3-5,9H,6-8H2,1-2H3,(H,14,17). The summed E-state index contributed by atoms with van der Waals surface area (Å²) < 4.78 is 0. The zero-order valence-electron chi connectivity index (χ0n) is 10.6. The van der Waals surface area contributed by atoms with Gasteiger partial charge in [-0.3, -0.25) is 14.4 Å². The number of hydrogen-bond acceptors (Lipinski definition) is 4. The quantitative estimate of drug-likeness (QED) is 0.816. The zero-order valence-corrected chi connectivity index (χ0v) is 11.4. The van der Waals surface area contributed by atoms with E-state index >= 15 is 0 Å². The van der Waals surface area contributed by atoms with Crippen molar-refractivity contribution in [2.45, 2.75) is 26.7 Å². The SMILES string of the molecule is CC(=O)C(C)CC(=O)CNC(=O)Cc1cccs1. The lowest BCUT2D eigenvalue weighted by atomic mass is 10.0. The van der Waals surface area contributed by atoms with Gasteiger partial charge in [-0.05, 0) is 18.4 Å². The van der Waals surface area contributed by atoms with Crippen molar-refractivity contribution in [2.24, 2.45) is 5.92 Å². The van der Waals surface area contributed by atoms with Crippen LogP contribution in [0.3, 0.4) is 0 Å². The minimum absolute atomic E-state index is 0.00181. The number of rotatable bonds is 7. The van der Waals surface area contributed by atoms with E-state index in [4.69, 9.17) is 0 Å². The molecule has 1 aromatic heterocycles. The van der Waals surface area contributed by atoms with Crippen molar-refractivity contribution in [1.82, 2.24) is 5.32 Å². The lowest BCUT2D eigenvalue weighted by Crippen LogP contribution is -2.31. The molecule has 1 unspecified atom stereocenters. The van der Waals surface area contributed by atoms with Gasteiger partial charge in [0.05, 0.1) is 13.0 Å². The second-order valence-electron chi connectivity index (χ2n) is 4.29. The Balaban J connectivity index is 2.26. The number of Topliss-reactive ketones (excluding diaryl/α,β-unsaturated/α-hetero) is 2. The van der Waals surface area contributed by atoms with Crippen molar-refractivity contribution in [1.29, 1.82) is 0 Å². The highest BCUT2D eigenvalue weighted by Gasteiger charge is 2.14. The Morgan fingerprint density at radius 3 is 2.67 bits per heavy atom. The van der Waals surface area contributed by atoms with Gasteiger partial charge in [0.2, 0.25) is 5.91 Å². The van der Waals surface area contributed by atoms with E-state index in [9.17, 15) is 14.4 Å². The number of amides is 1. The minimum atomic E-state index is -0.272. The van der Waals surface area contributed by atoms with Crippen molar-refractivity contribution >= 4 is 28.8 Å². The van der Waals surface area contributed by atoms with Crippen molar-refractivity contribution in [3.8, 4) is 0 Å². The van der Waals surface area contributed by atoms with Gasteiger partial charge in [0, 0.05) is 17.2 Å². The van der Waals surface area contributed by atoms with Crippen LogP contribution >= 0.6 is 11.3 Å². The van der Waals surface area contributed by atoms with Crippen molar-refractivity contribution in [2.75, 3.05) is 6.54 Å². The summed E-state index contributed by atoms with van der Waals surface area (Å²) in [6.45, 7) is 3.18. The van der Waals surface area contributed by atoms with Crippen LogP contribution in [-0.2, 0) is 20.8 Å². The largest absolute Gasteiger partial charge is 0.349 e. The maximum absolute atomic E-state index is 11.5. The predicted octanol–water partition coefficient (Wildman–Crippen LogP) is 1.59. The Labute approximate surface area is 110 Å². The van der Waals surface area contributed by atoms with Gasteiger partial charge in [-0.25, -0.2) is 0 Å². The van der Waals surface area contributed by atoms with E-state index in [0.29, 0.717) is 6.42 Å². The maximum Gasteiger partial charge on any atom is 0.225 e. The summed E-state index contributed by atoms with van der Waals surface area (Å²) in [4.78, 5) is 35.0. The summed E-state index contributed by atoms with van der Waals surface area (Å²) in [7, 11) is 0. The molecule has 0 radical (unpaired) electrons. The Morgan fingerprint density at radius 2 is 2.11 bits per heavy atom. The average Bonchev–Trinajstić information content (AvgIpc) is 2.79. The van der Waals surface area contributed by atoms with Crippen LogP contribution in [0.1, 0.15) is 25.1 Å². The smallest absolute Gasteiger partial charge is 0.225 e. The molecule has 1 heterocycles. The highest BCUT2D eigenvalue weighted by molar-refractivity contribution is 7.10. The van der Waals surface area contributed by atoms with E-state index in [1.54, 1.807) is 6.92 Å². The van der Waals surface area contributed by atoms with Crippen LogP contribution in [0.5, 0.6) is 0 Å².